The van der Waals surface area contributed by atoms with Gasteiger partial charge in [-0.25, -0.2) is 0 Å². The molecule has 128 valence electrons. The van der Waals surface area contributed by atoms with Crippen LogP contribution in [0.25, 0.3) is 0 Å². The summed E-state index contributed by atoms with van der Waals surface area (Å²) in [6, 6.07) is 8.34. The van der Waals surface area contributed by atoms with E-state index in [1.54, 1.807) is 7.11 Å². The third-order valence-electron chi connectivity index (χ3n) is 4.58. The SMILES string of the molecule is CN=C(NCC(C)(C)SC)NCC1(c2ccccc2OC)CC1. The fourth-order valence-corrected chi connectivity index (χ4v) is 2.83. The molecule has 1 aromatic rings. The van der Waals surface area contributed by atoms with E-state index in [2.05, 4.69) is 47.9 Å². The molecule has 0 aromatic heterocycles. The van der Waals surface area contributed by atoms with Gasteiger partial charge in [0.25, 0.3) is 0 Å². The van der Waals surface area contributed by atoms with Gasteiger partial charge >= 0.3 is 0 Å². The highest BCUT2D eigenvalue weighted by Gasteiger charge is 2.46. The van der Waals surface area contributed by atoms with E-state index >= 15 is 0 Å². The molecule has 23 heavy (non-hydrogen) atoms. The van der Waals surface area contributed by atoms with E-state index in [0.717, 1.165) is 24.8 Å². The van der Waals surface area contributed by atoms with Crippen molar-refractivity contribution in [3.05, 3.63) is 29.8 Å². The summed E-state index contributed by atoms with van der Waals surface area (Å²) < 4.78 is 5.73. The lowest BCUT2D eigenvalue weighted by atomic mass is 9.95. The Kier molecular flexibility index (Phi) is 5.84. The summed E-state index contributed by atoms with van der Waals surface area (Å²) in [4.78, 5) is 4.35. The average Bonchev–Trinajstić information content (AvgIpc) is 3.36. The highest BCUT2D eigenvalue weighted by Crippen LogP contribution is 2.50. The zero-order chi connectivity index (χ0) is 16.9. The van der Waals surface area contributed by atoms with Gasteiger partial charge < -0.3 is 15.4 Å². The van der Waals surface area contributed by atoms with Crippen LogP contribution in [0.15, 0.2) is 29.3 Å². The fourth-order valence-electron chi connectivity index (χ4n) is 2.62. The number of methoxy groups -OCH3 is 1. The molecule has 4 nitrogen and oxygen atoms in total. The molecule has 0 aliphatic heterocycles. The molecule has 0 atom stereocenters. The number of aliphatic imine (C=N–C) groups is 1. The number of guanidine groups is 1. The summed E-state index contributed by atoms with van der Waals surface area (Å²) in [6.07, 6.45) is 4.51. The number of nitrogens with zero attached hydrogens (tertiary/aromatic N) is 1. The van der Waals surface area contributed by atoms with E-state index in [0.29, 0.717) is 0 Å². The molecular weight excluding hydrogens is 306 g/mol. The Morgan fingerprint density at radius 2 is 2.00 bits per heavy atom. The molecule has 1 aromatic carbocycles. The molecule has 5 heteroatoms. The lowest BCUT2D eigenvalue weighted by Gasteiger charge is -2.25. The minimum Gasteiger partial charge on any atom is -0.496 e. The van der Waals surface area contributed by atoms with Crippen molar-refractivity contribution in [3.8, 4) is 5.75 Å². The largest absolute Gasteiger partial charge is 0.496 e. The predicted octanol–water partition coefficient (Wildman–Crippen LogP) is 3.03. The normalized spacial score (nSPS) is 16.8. The Morgan fingerprint density at radius 1 is 1.30 bits per heavy atom. The van der Waals surface area contributed by atoms with Crippen molar-refractivity contribution >= 4 is 17.7 Å². The van der Waals surface area contributed by atoms with E-state index in [4.69, 9.17) is 4.74 Å². The highest BCUT2D eigenvalue weighted by atomic mass is 32.2. The first-order chi connectivity index (χ1) is 11.0. The number of ether oxygens (including phenoxy) is 1. The van der Waals surface area contributed by atoms with Gasteiger partial charge in [-0.15, -0.1) is 0 Å². The minimum absolute atomic E-state index is 0.180. The molecule has 1 saturated carbocycles. The van der Waals surface area contributed by atoms with Crippen LogP contribution >= 0.6 is 11.8 Å². The smallest absolute Gasteiger partial charge is 0.191 e. The lowest BCUT2D eigenvalue weighted by Crippen LogP contribution is -2.45. The van der Waals surface area contributed by atoms with Crippen LogP contribution < -0.4 is 15.4 Å². The first-order valence-electron chi connectivity index (χ1n) is 8.09. The summed E-state index contributed by atoms with van der Waals surface area (Å²) in [5.41, 5.74) is 1.48. The number of hydrogen-bond acceptors (Lipinski definition) is 3. The van der Waals surface area contributed by atoms with E-state index in [9.17, 15) is 0 Å². The standard InChI is InChI=1S/C18H29N3OS/c1-17(2,23-5)12-20-16(19-3)21-13-18(10-11-18)14-8-6-7-9-15(14)22-4/h6-9H,10-13H2,1-5H3,(H2,19,20,21). The predicted molar refractivity (Wildman–Crippen MR) is 101 cm³/mol. The van der Waals surface area contributed by atoms with Gasteiger partial charge in [0, 0.05) is 35.9 Å². The summed E-state index contributed by atoms with van der Waals surface area (Å²) in [7, 11) is 3.57. The van der Waals surface area contributed by atoms with Gasteiger partial charge in [0.15, 0.2) is 5.96 Å². The molecule has 0 amide bonds. The Hall–Kier alpha value is -1.36. The first-order valence-corrected chi connectivity index (χ1v) is 9.32. The van der Waals surface area contributed by atoms with Crippen molar-refractivity contribution in [1.29, 1.82) is 0 Å². The first kappa shape index (κ1) is 18.0. The number of rotatable bonds is 7. The minimum atomic E-state index is 0.180. The second-order valence-electron chi connectivity index (χ2n) is 6.72. The molecule has 0 heterocycles. The second-order valence-corrected chi connectivity index (χ2v) is 8.24. The van der Waals surface area contributed by atoms with E-state index in [-0.39, 0.29) is 10.2 Å². The molecule has 2 N–H and O–H groups in total. The van der Waals surface area contributed by atoms with Crippen molar-refractivity contribution in [2.24, 2.45) is 4.99 Å². The summed E-state index contributed by atoms with van der Waals surface area (Å²) in [5, 5.41) is 6.92. The van der Waals surface area contributed by atoms with Crippen LogP contribution in [0.5, 0.6) is 5.75 Å². The molecule has 0 bridgehead atoms. The van der Waals surface area contributed by atoms with Crippen LogP contribution in [-0.2, 0) is 5.41 Å². The van der Waals surface area contributed by atoms with E-state index in [1.807, 2.05) is 30.9 Å². The molecule has 0 radical (unpaired) electrons. The molecule has 0 saturated heterocycles. The molecule has 0 spiro atoms. The van der Waals surface area contributed by atoms with Gasteiger partial charge in [-0.05, 0) is 39.0 Å². The average molecular weight is 336 g/mol. The van der Waals surface area contributed by atoms with Crippen molar-refractivity contribution in [1.82, 2.24) is 10.6 Å². The third-order valence-corrected chi connectivity index (χ3v) is 5.83. The van der Waals surface area contributed by atoms with Crippen LogP contribution in [0.1, 0.15) is 32.3 Å². The van der Waals surface area contributed by atoms with Crippen molar-refractivity contribution < 1.29 is 4.74 Å². The van der Waals surface area contributed by atoms with Gasteiger partial charge in [-0.2, -0.15) is 11.8 Å². The molecule has 0 unspecified atom stereocenters. The van der Waals surface area contributed by atoms with Crippen LogP contribution in [-0.4, -0.2) is 44.2 Å². The van der Waals surface area contributed by atoms with Crippen molar-refractivity contribution in [2.45, 2.75) is 36.9 Å². The number of thioether (sulfide) groups is 1. The summed E-state index contributed by atoms with van der Waals surface area (Å²) >= 11 is 1.86. The molecule has 1 aliphatic carbocycles. The van der Waals surface area contributed by atoms with Gasteiger partial charge in [-0.3, -0.25) is 4.99 Å². The number of hydrogen-bond donors (Lipinski definition) is 2. The van der Waals surface area contributed by atoms with Crippen molar-refractivity contribution in [3.63, 3.8) is 0 Å². The van der Waals surface area contributed by atoms with Crippen molar-refractivity contribution in [2.75, 3.05) is 33.5 Å². The quantitative estimate of drug-likeness (QED) is 0.594. The Balaban J connectivity index is 1.96. The molecule has 1 aliphatic rings. The fraction of sp³-hybridized carbons (Fsp3) is 0.611. The van der Waals surface area contributed by atoms with E-state index < -0.39 is 0 Å². The van der Waals surface area contributed by atoms with Crippen LogP contribution in [0, 0.1) is 0 Å². The monoisotopic (exact) mass is 335 g/mol. The maximum Gasteiger partial charge on any atom is 0.191 e. The number of benzene rings is 1. The van der Waals surface area contributed by atoms with Gasteiger partial charge in [0.1, 0.15) is 5.75 Å². The van der Waals surface area contributed by atoms with Crippen LogP contribution in [0.2, 0.25) is 0 Å². The Morgan fingerprint density at radius 3 is 2.57 bits per heavy atom. The maximum atomic E-state index is 5.54. The summed E-state index contributed by atoms with van der Waals surface area (Å²) in [5.74, 6) is 1.85. The molecule has 2 rings (SSSR count). The number of para-hydroxylation sites is 1. The maximum absolute atomic E-state index is 5.54. The van der Waals surface area contributed by atoms with Crippen LogP contribution in [0.4, 0.5) is 0 Å². The van der Waals surface area contributed by atoms with Gasteiger partial charge in [0.2, 0.25) is 0 Å². The Labute approximate surface area is 144 Å². The zero-order valence-corrected chi connectivity index (χ0v) is 15.7. The van der Waals surface area contributed by atoms with Gasteiger partial charge in [0.05, 0.1) is 7.11 Å². The summed E-state index contributed by atoms with van der Waals surface area (Å²) in [6.45, 7) is 6.23. The second kappa shape index (κ2) is 7.47. The van der Waals surface area contributed by atoms with E-state index in [1.165, 1.54) is 18.4 Å². The highest BCUT2D eigenvalue weighted by molar-refractivity contribution is 7.99. The molecular formula is C18H29N3OS. The Bertz CT molecular complexity index is 553. The molecule has 1 fully saturated rings. The zero-order valence-electron chi connectivity index (χ0n) is 14.9. The lowest BCUT2D eigenvalue weighted by molar-refractivity contribution is 0.403. The third kappa shape index (κ3) is 4.56. The van der Waals surface area contributed by atoms with Gasteiger partial charge in [-0.1, -0.05) is 18.2 Å². The van der Waals surface area contributed by atoms with Crippen LogP contribution in [0.3, 0.4) is 0 Å². The number of nitrogens with one attached hydrogen (secondary N) is 2. The topological polar surface area (TPSA) is 45.7 Å².